The lowest BCUT2D eigenvalue weighted by molar-refractivity contribution is 0.170. The highest BCUT2D eigenvalue weighted by Gasteiger charge is 2.41. The fraction of sp³-hybridized carbons (Fsp3) is 0.571. The maximum atomic E-state index is 5.64. The van der Waals surface area contributed by atoms with Crippen LogP contribution in [0.5, 0.6) is 11.5 Å². The van der Waals surface area contributed by atoms with Crippen LogP contribution in [0.25, 0.3) is 0 Å². The van der Waals surface area contributed by atoms with Crippen LogP contribution < -0.4 is 14.8 Å². The summed E-state index contributed by atoms with van der Waals surface area (Å²) in [4.78, 5) is 0. The van der Waals surface area contributed by atoms with E-state index in [0.29, 0.717) is 18.0 Å². The predicted octanol–water partition coefficient (Wildman–Crippen LogP) is 3.21. The summed E-state index contributed by atoms with van der Waals surface area (Å²) in [6.07, 6.45) is 4.88. The zero-order valence-corrected chi connectivity index (χ0v) is 13.4. The zero-order valence-electron chi connectivity index (χ0n) is 11.0. The van der Waals surface area contributed by atoms with E-state index in [2.05, 4.69) is 39.6 Å². The Morgan fingerprint density at radius 3 is 2.84 bits per heavy atom. The Kier molecular flexibility index (Phi) is 3.96. The Labute approximate surface area is 126 Å². The minimum absolute atomic E-state index is 0.505. The summed E-state index contributed by atoms with van der Waals surface area (Å²) >= 11 is 5.54. The molecule has 3 nitrogen and oxygen atoms in total. The minimum Gasteiger partial charge on any atom is -0.486 e. The molecule has 3 rings (SSSR count). The first-order valence-corrected chi connectivity index (χ1v) is 8.58. The molecule has 2 aliphatic rings. The van der Waals surface area contributed by atoms with Gasteiger partial charge in [0.2, 0.25) is 0 Å². The molecule has 0 bridgehead atoms. The third-order valence-corrected chi connectivity index (χ3v) is 5.68. The summed E-state index contributed by atoms with van der Waals surface area (Å²) in [5.41, 5.74) is 1.23. The van der Waals surface area contributed by atoms with Gasteiger partial charge in [0.15, 0.2) is 11.5 Å². The van der Waals surface area contributed by atoms with Crippen molar-refractivity contribution in [3.63, 3.8) is 0 Å². The highest BCUT2D eigenvalue weighted by molar-refractivity contribution is 9.10. The molecule has 1 aliphatic heterocycles. The quantitative estimate of drug-likeness (QED) is 0.889. The van der Waals surface area contributed by atoms with E-state index in [9.17, 15) is 0 Å². The molecular formula is C14H18BrNO2S. The minimum atomic E-state index is 0.505. The number of rotatable bonds is 5. The molecule has 1 aromatic rings. The lowest BCUT2D eigenvalue weighted by atomic mass is 10.2. The van der Waals surface area contributed by atoms with E-state index in [-0.39, 0.29) is 0 Å². The van der Waals surface area contributed by atoms with E-state index in [1.807, 2.05) is 11.8 Å². The van der Waals surface area contributed by atoms with Gasteiger partial charge in [-0.25, -0.2) is 0 Å². The van der Waals surface area contributed by atoms with Crippen molar-refractivity contribution in [2.75, 3.05) is 26.0 Å². The summed E-state index contributed by atoms with van der Waals surface area (Å²) in [6.45, 7) is 3.21. The van der Waals surface area contributed by atoms with Crippen molar-refractivity contribution in [1.82, 2.24) is 5.32 Å². The summed E-state index contributed by atoms with van der Waals surface area (Å²) in [5, 5.41) is 3.55. The van der Waals surface area contributed by atoms with Crippen molar-refractivity contribution in [3.05, 3.63) is 22.2 Å². The molecule has 0 atom stereocenters. The largest absolute Gasteiger partial charge is 0.486 e. The molecule has 0 saturated heterocycles. The van der Waals surface area contributed by atoms with Crippen LogP contribution in [0.4, 0.5) is 0 Å². The summed E-state index contributed by atoms with van der Waals surface area (Å²) < 4.78 is 12.7. The molecule has 1 fully saturated rings. The highest BCUT2D eigenvalue weighted by Crippen LogP contribution is 2.46. The van der Waals surface area contributed by atoms with E-state index in [0.717, 1.165) is 29.1 Å². The molecule has 1 N–H and O–H groups in total. The van der Waals surface area contributed by atoms with Gasteiger partial charge in [-0.1, -0.05) is 0 Å². The molecule has 0 aromatic heterocycles. The molecule has 0 spiro atoms. The number of hydrogen-bond acceptors (Lipinski definition) is 4. The Morgan fingerprint density at radius 2 is 2.11 bits per heavy atom. The Hall–Kier alpha value is -0.390. The van der Waals surface area contributed by atoms with Gasteiger partial charge in [0, 0.05) is 17.8 Å². The maximum Gasteiger partial charge on any atom is 0.175 e. The van der Waals surface area contributed by atoms with Gasteiger partial charge in [0.05, 0.1) is 4.47 Å². The van der Waals surface area contributed by atoms with Gasteiger partial charge in [-0.05, 0) is 52.7 Å². The Bertz CT molecular complexity index is 477. The van der Waals surface area contributed by atoms with Crippen molar-refractivity contribution in [1.29, 1.82) is 0 Å². The lowest BCUT2D eigenvalue weighted by Gasteiger charge is -2.21. The van der Waals surface area contributed by atoms with Gasteiger partial charge < -0.3 is 14.8 Å². The van der Waals surface area contributed by atoms with Crippen molar-refractivity contribution >= 4 is 27.7 Å². The lowest BCUT2D eigenvalue weighted by Crippen LogP contribution is -2.25. The van der Waals surface area contributed by atoms with E-state index < -0.39 is 0 Å². The van der Waals surface area contributed by atoms with Gasteiger partial charge >= 0.3 is 0 Å². The van der Waals surface area contributed by atoms with Gasteiger partial charge in [-0.2, -0.15) is 11.8 Å². The number of fused-ring (bicyclic) bond motifs is 1. The molecule has 1 heterocycles. The van der Waals surface area contributed by atoms with Crippen molar-refractivity contribution in [2.24, 2.45) is 0 Å². The fourth-order valence-electron chi connectivity index (χ4n) is 2.29. The van der Waals surface area contributed by atoms with E-state index in [1.54, 1.807) is 0 Å². The topological polar surface area (TPSA) is 30.5 Å². The Morgan fingerprint density at radius 1 is 1.32 bits per heavy atom. The number of thioether (sulfide) groups is 1. The average molecular weight is 344 g/mol. The molecule has 5 heteroatoms. The smallest absolute Gasteiger partial charge is 0.175 e. The normalized spacial score (nSPS) is 19.3. The van der Waals surface area contributed by atoms with Crippen LogP contribution >= 0.6 is 27.7 Å². The van der Waals surface area contributed by atoms with Crippen molar-refractivity contribution < 1.29 is 9.47 Å². The van der Waals surface area contributed by atoms with E-state index in [1.165, 1.54) is 18.4 Å². The SMILES string of the molecule is CSC1(CNCc2cc(Br)c3c(c2)OCCO3)CC1. The number of ether oxygens (including phenoxy) is 2. The summed E-state index contributed by atoms with van der Waals surface area (Å²) in [6, 6.07) is 4.18. The van der Waals surface area contributed by atoms with Crippen LogP contribution in [0.15, 0.2) is 16.6 Å². The predicted molar refractivity (Wildman–Crippen MR) is 82.3 cm³/mol. The van der Waals surface area contributed by atoms with Gasteiger partial charge in [-0.15, -0.1) is 0 Å². The van der Waals surface area contributed by atoms with Crippen LogP contribution in [0.1, 0.15) is 18.4 Å². The number of nitrogens with one attached hydrogen (secondary N) is 1. The molecule has 1 aromatic carbocycles. The zero-order chi connectivity index (χ0) is 13.3. The number of hydrogen-bond donors (Lipinski definition) is 1. The molecule has 0 amide bonds. The monoisotopic (exact) mass is 343 g/mol. The average Bonchev–Trinajstić information content (AvgIpc) is 3.19. The number of halogens is 1. The van der Waals surface area contributed by atoms with Crippen LogP contribution in [0.3, 0.4) is 0 Å². The van der Waals surface area contributed by atoms with Crippen molar-refractivity contribution in [2.45, 2.75) is 24.1 Å². The van der Waals surface area contributed by atoms with Crippen molar-refractivity contribution in [3.8, 4) is 11.5 Å². The van der Waals surface area contributed by atoms with Crippen LogP contribution in [0.2, 0.25) is 0 Å². The second kappa shape index (κ2) is 5.54. The second-order valence-corrected chi connectivity index (χ2v) is 7.22. The third-order valence-electron chi connectivity index (χ3n) is 3.67. The standard InChI is InChI=1S/C14H18BrNO2S/c1-19-14(2-3-14)9-16-8-10-6-11(15)13-12(7-10)17-4-5-18-13/h6-7,16H,2-5,8-9H2,1H3. The van der Waals surface area contributed by atoms with Crippen LogP contribution in [-0.2, 0) is 6.54 Å². The second-order valence-electron chi connectivity index (χ2n) is 5.09. The number of benzene rings is 1. The molecule has 0 radical (unpaired) electrons. The van der Waals surface area contributed by atoms with E-state index >= 15 is 0 Å². The van der Waals surface area contributed by atoms with E-state index in [4.69, 9.17) is 9.47 Å². The van der Waals surface area contributed by atoms with Crippen LogP contribution in [-0.4, -0.2) is 30.8 Å². The molecular weight excluding hydrogens is 326 g/mol. The third kappa shape index (κ3) is 3.03. The maximum absolute atomic E-state index is 5.64. The molecule has 104 valence electrons. The Balaban J connectivity index is 1.63. The fourth-order valence-corrected chi connectivity index (χ4v) is 3.65. The molecule has 0 unspecified atom stereocenters. The first-order chi connectivity index (χ1) is 9.22. The molecule has 19 heavy (non-hydrogen) atoms. The van der Waals surface area contributed by atoms with Gasteiger partial charge in [0.1, 0.15) is 13.2 Å². The van der Waals surface area contributed by atoms with Gasteiger partial charge in [0.25, 0.3) is 0 Å². The highest BCUT2D eigenvalue weighted by atomic mass is 79.9. The first kappa shape index (κ1) is 13.6. The summed E-state index contributed by atoms with van der Waals surface area (Å²) in [7, 11) is 0. The summed E-state index contributed by atoms with van der Waals surface area (Å²) in [5.74, 6) is 1.68. The van der Waals surface area contributed by atoms with Crippen LogP contribution in [0, 0.1) is 0 Å². The first-order valence-electron chi connectivity index (χ1n) is 6.56. The molecule has 1 aliphatic carbocycles. The van der Waals surface area contributed by atoms with Gasteiger partial charge in [-0.3, -0.25) is 0 Å². The molecule has 1 saturated carbocycles.